The molecular weight excluding hydrogens is 260 g/mol. The van der Waals surface area contributed by atoms with E-state index >= 15 is 0 Å². The molecule has 1 aliphatic carbocycles. The molecule has 96 valence electrons. The summed E-state index contributed by atoms with van der Waals surface area (Å²) in [5.41, 5.74) is 1.91. The number of hydrogen-bond acceptors (Lipinski definition) is 4. The molecule has 0 amide bonds. The van der Waals surface area contributed by atoms with E-state index in [0.717, 1.165) is 12.5 Å². The summed E-state index contributed by atoms with van der Waals surface area (Å²) in [5.74, 6) is 0.816. The molecule has 0 aromatic carbocycles. The van der Waals surface area contributed by atoms with Gasteiger partial charge in [0.15, 0.2) is 0 Å². The van der Waals surface area contributed by atoms with Crippen molar-refractivity contribution in [3.8, 4) is 0 Å². The van der Waals surface area contributed by atoms with Crippen LogP contribution in [0.5, 0.6) is 0 Å². The third-order valence-corrected chi connectivity index (χ3v) is 5.44. The first kappa shape index (κ1) is 12.3. The normalized spacial score (nSPS) is 18.2. The van der Waals surface area contributed by atoms with Crippen molar-refractivity contribution in [2.45, 2.75) is 38.3 Å². The van der Waals surface area contributed by atoms with Crippen molar-refractivity contribution < 1.29 is 0 Å². The summed E-state index contributed by atoms with van der Waals surface area (Å²) in [6, 6.07) is 4.97. The van der Waals surface area contributed by atoms with Crippen LogP contribution < -0.4 is 5.32 Å². The molecule has 1 unspecified atom stereocenters. The summed E-state index contributed by atoms with van der Waals surface area (Å²) in [4.78, 5) is 6.96. The van der Waals surface area contributed by atoms with Gasteiger partial charge in [-0.1, -0.05) is 18.9 Å². The lowest BCUT2D eigenvalue weighted by Gasteiger charge is -2.23. The van der Waals surface area contributed by atoms with Crippen molar-refractivity contribution in [3.05, 3.63) is 39.0 Å². The van der Waals surface area contributed by atoms with Crippen molar-refractivity contribution in [1.29, 1.82) is 0 Å². The maximum atomic E-state index is 4.14. The molecule has 0 spiro atoms. The van der Waals surface area contributed by atoms with Crippen LogP contribution in [0, 0.1) is 5.92 Å². The van der Waals surface area contributed by atoms with Gasteiger partial charge in [0, 0.05) is 28.5 Å². The average molecular weight is 278 g/mol. The molecule has 1 aliphatic rings. The zero-order chi connectivity index (χ0) is 12.2. The number of hydrogen-bond donors (Lipinski definition) is 1. The molecule has 2 heterocycles. The van der Waals surface area contributed by atoms with Crippen molar-refractivity contribution in [2.24, 2.45) is 5.92 Å². The van der Waals surface area contributed by atoms with Gasteiger partial charge in [0.05, 0.1) is 5.51 Å². The van der Waals surface area contributed by atoms with E-state index in [1.807, 2.05) is 23.0 Å². The van der Waals surface area contributed by atoms with Crippen LogP contribution in [-0.2, 0) is 6.54 Å². The Morgan fingerprint density at radius 1 is 1.33 bits per heavy atom. The van der Waals surface area contributed by atoms with Crippen LogP contribution in [0.2, 0.25) is 0 Å². The van der Waals surface area contributed by atoms with E-state index in [-0.39, 0.29) is 0 Å². The third kappa shape index (κ3) is 2.82. The highest BCUT2D eigenvalue weighted by Gasteiger charge is 2.26. The lowest BCUT2D eigenvalue weighted by molar-refractivity contribution is 0.372. The maximum absolute atomic E-state index is 4.14. The number of thiophene rings is 1. The van der Waals surface area contributed by atoms with E-state index < -0.39 is 0 Å². The van der Waals surface area contributed by atoms with Crippen LogP contribution in [0.3, 0.4) is 0 Å². The number of rotatable bonds is 5. The van der Waals surface area contributed by atoms with Crippen LogP contribution in [0.25, 0.3) is 0 Å². The Labute approximate surface area is 116 Å². The van der Waals surface area contributed by atoms with E-state index in [0.29, 0.717) is 6.04 Å². The topological polar surface area (TPSA) is 24.9 Å². The number of aromatic nitrogens is 1. The van der Waals surface area contributed by atoms with Gasteiger partial charge in [-0.15, -0.1) is 22.7 Å². The molecule has 2 aromatic heterocycles. The molecule has 0 bridgehead atoms. The molecule has 2 nitrogen and oxygen atoms in total. The fraction of sp³-hybridized carbons (Fsp3) is 0.500. The van der Waals surface area contributed by atoms with E-state index in [1.54, 1.807) is 11.3 Å². The van der Waals surface area contributed by atoms with Crippen LogP contribution in [0.1, 0.15) is 41.5 Å². The molecule has 0 saturated heterocycles. The van der Waals surface area contributed by atoms with Gasteiger partial charge in [-0.05, 0) is 30.2 Å². The standard InChI is InChI=1S/C14H18N2S2/c1-2-5-11(4-1)14(13-6-3-7-17-13)16-9-12-8-15-10-18-12/h3,6-8,10-11,14,16H,1-2,4-5,9H2. The molecule has 1 N–H and O–H groups in total. The van der Waals surface area contributed by atoms with Gasteiger partial charge in [-0.3, -0.25) is 4.98 Å². The average Bonchev–Trinajstić information content (AvgIpc) is 3.14. The van der Waals surface area contributed by atoms with E-state index in [2.05, 4.69) is 27.8 Å². The summed E-state index contributed by atoms with van der Waals surface area (Å²) in [5, 5.41) is 5.93. The maximum Gasteiger partial charge on any atom is 0.0794 e. The Kier molecular flexibility index (Phi) is 4.08. The molecule has 0 aliphatic heterocycles. The first-order valence-corrected chi connectivity index (χ1v) is 8.33. The monoisotopic (exact) mass is 278 g/mol. The molecule has 18 heavy (non-hydrogen) atoms. The number of nitrogens with zero attached hydrogens (tertiary/aromatic N) is 1. The molecule has 2 aromatic rings. The molecule has 3 rings (SSSR count). The van der Waals surface area contributed by atoms with Crippen molar-refractivity contribution in [1.82, 2.24) is 10.3 Å². The van der Waals surface area contributed by atoms with Gasteiger partial charge >= 0.3 is 0 Å². The lowest BCUT2D eigenvalue weighted by Crippen LogP contribution is -2.25. The number of nitrogens with one attached hydrogen (secondary N) is 1. The minimum absolute atomic E-state index is 0.537. The Morgan fingerprint density at radius 3 is 2.89 bits per heavy atom. The SMILES string of the molecule is c1csc(C(NCc2cncs2)C2CCCC2)c1. The quantitative estimate of drug-likeness (QED) is 0.885. The second-order valence-electron chi connectivity index (χ2n) is 4.89. The second-order valence-corrected chi connectivity index (χ2v) is 6.84. The van der Waals surface area contributed by atoms with Crippen molar-refractivity contribution in [3.63, 3.8) is 0 Å². The molecule has 1 atom stereocenters. The predicted molar refractivity (Wildman–Crippen MR) is 78.0 cm³/mol. The zero-order valence-corrected chi connectivity index (χ0v) is 12.0. The Balaban J connectivity index is 1.69. The molecule has 1 saturated carbocycles. The van der Waals surface area contributed by atoms with Crippen LogP contribution in [0.15, 0.2) is 29.2 Å². The Morgan fingerprint density at radius 2 is 2.22 bits per heavy atom. The van der Waals surface area contributed by atoms with Crippen LogP contribution in [0.4, 0.5) is 0 Å². The van der Waals surface area contributed by atoms with E-state index in [1.165, 1.54) is 35.4 Å². The van der Waals surface area contributed by atoms with Crippen LogP contribution >= 0.6 is 22.7 Å². The third-order valence-electron chi connectivity index (χ3n) is 3.70. The van der Waals surface area contributed by atoms with E-state index in [4.69, 9.17) is 0 Å². The summed E-state index contributed by atoms with van der Waals surface area (Å²) >= 11 is 3.61. The largest absolute Gasteiger partial charge is 0.304 e. The summed E-state index contributed by atoms with van der Waals surface area (Å²) < 4.78 is 0. The van der Waals surface area contributed by atoms with Gasteiger partial charge in [0.25, 0.3) is 0 Å². The number of thiazole rings is 1. The predicted octanol–water partition coefficient (Wildman–Crippen LogP) is 4.23. The first-order valence-electron chi connectivity index (χ1n) is 6.57. The van der Waals surface area contributed by atoms with Gasteiger partial charge in [0.1, 0.15) is 0 Å². The van der Waals surface area contributed by atoms with Crippen LogP contribution in [-0.4, -0.2) is 4.98 Å². The van der Waals surface area contributed by atoms with Crippen molar-refractivity contribution in [2.75, 3.05) is 0 Å². The fourth-order valence-corrected chi connectivity index (χ4v) is 4.24. The van der Waals surface area contributed by atoms with Gasteiger partial charge < -0.3 is 5.32 Å². The first-order chi connectivity index (χ1) is 8.93. The molecule has 4 heteroatoms. The summed E-state index contributed by atoms with van der Waals surface area (Å²) in [7, 11) is 0. The lowest BCUT2D eigenvalue weighted by atomic mass is 9.96. The van der Waals surface area contributed by atoms with E-state index in [9.17, 15) is 0 Å². The summed E-state index contributed by atoms with van der Waals surface area (Å²) in [6.45, 7) is 0.948. The van der Waals surface area contributed by atoms with Gasteiger partial charge in [-0.2, -0.15) is 0 Å². The smallest absolute Gasteiger partial charge is 0.0794 e. The Bertz CT molecular complexity index is 444. The highest BCUT2D eigenvalue weighted by Crippen LogP contribution is 2.37. The fourth-order valence-electron chi connectivity index (χ4n) is 2.80. The second kappa shape index (κ2) is 5.95. The zero-order valence-electron chi connectivity index (χ0n) is 10.3. The van der Waals surface area contributed by atoms with Gasteiger partial charge in [-0.25, -0.2) is 0 Å². The highest BCUT2D eigenvalue weighted by atomic mass is 32.1. The molecule has 0 radical (unpaired) electrons. The van der Waals surface area contributed by atoms with Crippen molar-refractivity contribution >= 4 is 22.7 Å². The Hall–Kier alpha value is -0.710. The minimum Gasteiger partial charge on any atom is -0.304 e. The highest BCUT2D eigenvalue weighted by molar-refractivity contribution is 7.10. The van der Waals surface area contributed by atoms with Gasteiger partial charge in [0.2, 0.25) is 0 Å². The molecule has 1 fully saturated rings. The summed E-state index contributed by atoms with van der Waals surface area (Å²) in [6.07, 6.45) is 7.51. The molecular formula is C14H18N2S2. The minimum atomic E-state index is 0.537.